The molecule has 0 aromatic carbocycles. The van der Waals surface area contributed by atoms with E-state index in [0.29, 0.717) is 23.5 Å². The lowest BCUT2D eigenvalue weighted by atomic mass is 9.34. The Bertz CT molecular complexity index is 1210. The topological polar surface area (TPSA) is 62.5 Å². The second-order valence-corrected chi connectivity index (χ2v) is 16.6. The number of carbonyl (C=O) groups is 1. The minimum atomic E-state index is -0.189. The van der Waals surface area contributed by atoms with Crippen molar-refractivity contribution in [3.8, 4) is 0 Å². The Morgan fingerprint density at radius 1 is 0.975 bits per heavy atom. The van der Waals surface area contributed by atoms with Crippen LogP contribution in [0.2, 0.25) is 0 Å². The van der Waals surface area contributed by atoms with Crippen molar-refractivity contribution in [2.24, 2.45) is 44.8 Å². The van der Waals surface area contributed by atoms with Crippen LogP contribution in [-0.2, 0) is 4.79 Å². The van der Waals surface area contributed by atoms with Crippen LogP contribution in [0.1, 0.15) is 118 Å². The second kappa shape index (κ2) is 9.09. The van der Waals surface area contributed by atoms with Gasteiger partial charge in [-0.3, -0.25) is 4.79 Å². The van der Waals surface area contributed by atoms with Gasteiger partial charge in [0.2, 0.25) is 5.91 Å². The quantitative estimate of drug-likeness (QED) is 0.295. The minimum absolute atomic E-state index is 0.00113. The lowest BCUT2D eigenvalue weighted by Gasteiger charge is -2.71. The zero-order valence-electron chi connectivity index (χ0n) is 26.1. The van der Waals surface area contributed by atoms with Gasteiger partial charge in [-0.2, -0.15) is 0 Å². The summed E-state index contributed by atoms with van der Waals surface area (Å²) in [6.07, 6.45) is 18.7. The molecule has 0 saturated heterocycles. The number of aliphatic hydroxyl groups excluding tert-OH is 1. The summed E-state index contributed by atoms with van der Waals surface area (Å²) in [5.74, 6) is 2.29. The molecule has 4 heteroatoms. The van der Waals surface area contributed by atoms with Crippen LogP contribution in [0, 0.1) is 44.8 Å². The summed E-state index contributed by atoms with van der Waals surface area (Å²) in [7, 11) is 0. The Hall–Kier alpha value is -1.81. The van der Waals surface area contributed by atoms with Crippen LogP contribution in [0.3, 0.4) is 0 Å². The first-order valence-corrected chi connectivity index (χ1v) is 16.1. The highest BCUT2D eigenvalue weighted by atomic mass is 16.3. The van der Waals surface area contributed by atoms with Gasteiger partial charge in [-0.05, 0) is 121 Å². The van der Waals surface area contributed by atoms with Crippen LogP contribution in [0.25, 0.3) is 6.08 Å². The summed E-state index contributed by atoms with van der Waals surface area (Å²) >= 11 is 0. The number of allylic oxidation sites excluding steroid dienone is 1. The molecule has 4 fully saturated rings. The predicted molar refractivity (Wildman–Crippen MR) is 161 cm³/mol. The highest BCUT2D eigenvalue weighted by Gasteiger charge is 2.68. The molecule has 4 nitrogen and oxygen atoms in total. The molecule has 5 aliphatic carbocycles. The molecule has 1 aromatic rings. The van der Waals surface area contributed by atoms with E-state index in [0.717, 1.165) is 51.4 Å². The van der Waals surface area contributed by atoms with Crippen LogP contribution in [-0.4, -0.2) is 22.7 Å². The fraction of sp³-hybridized carbons (Fsp3) is 0.750. The van der Waals surface area contributed by atoms with Gasteiger partial charge in [-0.15, -0.1) is 0 Å². The number of hydrogen-bond donors (Lipinski definition) is 2. The van der Waals surface area contributed by atoms with E-state index in [-0.39, 0.29) is 44.6 Å². The lowest BCUT2D eigenvalue weighted by molar-refractivity contribution is -0.201. The summed E-state index contributed by atoms with van der Waals surface area (Å²) in [6.45, 7) is 17.3. The van der Waals surface area contributed by atoms with Crippen LogP contribution < -0.4 is 5.32 Å². The van der Waals surface area contributed by atoms with Crippen molar-refractivity contribution >= 4 is 12.0 Å². The first-order chi connectivity index (χ1) is 18.7. The Morgan fingerprint density at radius 3 is 2.45 bits per heavy atom. The highest BCUT2D eigenvalue weighted by molar-refractivity contribution is 5.92. The molecular formula is C36H53NO3. The molecule has 1 amide bonds. The molecule has 0 aliphatic heterocycles. The van der Waals surface area contributed by atoms with E-state index < -0.39 is 0 Å². The van der Waals surface area contributed by atoms with Crippen molar-refractivity contribution in [1.82, 2.24) is 5.32 Å². The summed E-state index contributed by atoms with van der Waals surface area (Å²) in [5, 5.41) is 14.6. The van der Waals surface area contributed by atoms with Gasteiger partial charge in [-0.1, -0.05) is 60.1 Å². The van der Waals surface area contributed by atoms with Crippen molar-refractivity contribution in [1.29, 1.82) is 0 Å². The Morgan fingerprint density at radius 2 is 1.73 bits per heavy atom. The van der Waals surface area contributed by atoms with Gasteiger partial charge in [0.1, 0.15) is 5.76 Å². The maximum Gasteiger partial charge on any atom is 0.244 e. The number of furan rings is 1. The predicted octanol–water partition coefficient (Wildman–Crippen LogP) is 8.32. The van der Waals surface area contributed by atoms with Gasteiger partial charge < -0.3 is 14.8 Å². The molecule has 0 unspecified atom stereocenters. The van der Waals surface area contributed by atoms with E-state index in [1.807, 2.05) is 12.1 Å². The number of fused-ring (bicyclic) bond motifs is 7. The molecule has 1 aromatic heterocycles. The third-order valence-corrected chi connectivity index (χ3v) is 13.9. The molecule has 0 radical (unpaired) electrons. The first kappa shape index (κ1) is 28.3. The van der Waals surface area contributed by atoms with Crippen molar-refractivity contribution in [3.05, 3.63) is 41.9 Å². The van der Waals surface area contributed by atoms with Crippen LogP contribution in [0.15, 0.2) is 40.5 Å². The summed E-state index contributed by atoms with van der Waals surface area (Å²) < 4.78 is 5.43. The molecule has 5 aliphatic rings. The summed E-state index contributed by atoms with van der Waals surface area (Å²) in [5.41, 5.74) is 2.35. The molecule has 220 valence electrons. The second-order valence-electron chi connectivity index (χ2n) is 16.6. The number of hydrogen-bond acceptors (Lipinski definition) is 3. The number of amides is 1. The van der Waals surface area contributed by atoms with Crippen molar-refractivity contribution in [3.63, 3.8) is 0 Å². The van der Waals surface area contributed by atoms with Gasteiger partial charge in [0, 0.05) is 17.5 Å². The molecule has 40 heavy (non-hydrogen) atoms. The lowest BCUT2D eigenvalue weighted by Crippen LogP contribution is -2.67. The number of nitrogens with one attached hydrogen (secondary N) is 1. The normalized spacial score (nSPS) is 45.5. The molecule has 4 saturated carbocycles. The van der Waals surface area contributed by atoms with E-state index >= 15 is 0 Å². The number of aliphatic hydroxyl groups is 1. The van der Waals surface area contributed by atoms with Crippen molar-refractivity contribution in [2.75, 3.05) is 0 Å². The third-order valence-electron chi connectivity index (χ3n) is 13.9. The van der Waals surface area contributed by atoms with Crippen LogP contribution >= 0.6 is 0 Å². The fourth-order valence-corrected chi connectivity index (χ4v) is 11.3. The third kappa shape index (κ3) is 3.97. The largest absolute Gasteiger partial charge is 0.465 e. The fourth-order valence-electron chi connectivity index (χ4n) is 11.3. The standard InChI is InChI=1S/C36H53NO3/c1-31(2)18-20-36(37-30(39)13-10-24-9-8-22-40-24)21-19-34(6)25(26(36)23-31)11-12-28-33(5)16-15-29(38)32(3,4)27(33)14-17-35(28,34)7/h8-11,13,22,26-29,38H,12,14-21,23H2,1-7H3,(H,37,39)/b13-10+/t26-,27-,28+,29-,33-,34+,35+,36-/m0/s1. The number of rotatable bonds is 3. The van der Waals surface area contributed by atoms with Crippen LogP contribution in [0.4, 0.5) is 0 Å². The smallest absolute Gasteiger partial charge is 0.244 e. The monoisotopic (exact) mass is 547 g/mol. The van der Waals surface area contributed by atoms with Crippen LogP contribution in [0.5, 0.6) is 0 Å². The maximum atomic E-state index is 13.4. The molecule has 0 spiro atoms. The molecular weight excluding hydrogens is 494 g/mol. The van der Waals surface area contributed by atoms with E-state index in [9.17, 15) is 9.90 Å². The molecule has 8 atom stereocenters. The van der Waals surface area contributed by atoms with Gasteiger partial charge in [0.05, 0.1) is 12.4 Å². The van der Waals surface area contributed by atoms with E-state index in [4.69, 9.17) is 4.42 Å². The van der Waals surface area contributed by atoms with Gasteiger partial charge >= 0.3 is 0 Å². The molecule has 1 heterocycles. The highest BCUT2D eigenvalue weighted by Crippen LogP contribution is 2.74. The molecule has 6 rings (SSSR count). The minimum Gasteiger partial charge on any atom is -0.465 e. The zero-order chi connectivity index (χ0) is 28.8. The van der Waals surface area contributed by atoms with Crippen molar-refractivity contribution < 1.29 is 14.3 Å². The van der Waals surface area contributed by atoms with Crippen molar-refractivity contribution in [2.45, 2.75) is 124 Å². The molecule has 2 N–H and O–H groups in total. The Kier molecular flexibility index (Phi) is 6.44. The summed E-state index contributed by atoms with van der Waals surface area (Å²) in [4.78, 5) is 13.4. The Labute approximate surface area is 242 Å². The molecule has 0 bridgehead atoms. The number of carbonyl (C=O) groups excluding carboxylic acids is 1. The first-order valence-electron chi connectivity index (χ1n) is 16.1. The van der Waals surface area contributed by atoms with Gasteiger partial charge in [-0.25, -0.2) is 0 Å². The maximum absolute atomic E-state index is 13.4. The van der Waals surface area contributed by atoms with Gasteiger partial charge in [0.15, 0.2) is 0 Å². The van der Waals surface area contributed by atoms with E-state index in [1.165, 1.54) is 12.8 Å². The average molecular weight is 548 g/mol. The Balaban J connectivity index is 1.35. The zero-order valence-corrected chi connectivity index (χ0v) is 26.1. The summed E-state index contributed by atoms with van der Waals surface area (Å²) in [6, 6.07) is 3.73. The van der Waals surface area contributed by atoms with E-state index in [2.05, 4.69) is 59.9 Å². The van der Waals surface area contributed by atoms with E-state index in [1.54, 1.807) is 24.0 Å². The van der Waals surface area contributed by atoms with Gasteiger partial charge in [0.25, 0.3) is 0 Å². The average Bonchev–Trinajstić information content (AvgIpc) is 3.40. The SMILES string of the molecule is CC1(C)CC[C@]2(NC(=O)/C=C/c3ccco3)CC[C@]3(C)C(=CC[C@@H]4[C@@]5(C)CC[C@H](O)C(C)(C)[C@@H]5CC[C@]43C)[C@@H]2C1.